The number of nitrogens with two attached hydrogens (primary N) is 1. The monoisotopic (exact) mass is 302 g/mol. The summed E-state index contributed by atoms with van der Waals surface area (Å²) in [5.74, 6) is 0. The van der Waals surface area contributed by atoms with Gasteiger partial charge in [0.05, 0.1) is 5.69 Å². The maximum absolute atomic E-state index is 6.09. The van der Waals surface area contributed by atoms with Crippen molar-refractivity contribution in [2.75, 3.05) is 0 Å². The smallest absolute Gasteiger partial charge is 0.123 e. The molecule has 0 saturated carbocycles. The van der Waals surface area contributed by atoms with Crippen molar-refractivity contribution in [2.45, 2.75) is 58.9 Å². The minimum absolute atomic E-state index is 0.0617. The van der Waals surface area contributed by atoms with E-state index in [-0.39, 0.29) is 11.5 Å². The molecule has 1 aromatic carbocycles. The minimum atomic E-state index is 0.0617. The molecule has 2 N–H and O–H groups in total. The molecule has 2 nitrogen and oxygen atoms in total. The average Bonchev–Trinajstić information content (AvgIpc) is 2.82. The Hall–Kier alpha value is -1.19. The van der Waals surface area contributed by atoms with Gasteiger partial charge in [0.25, 0.3) is 0 Å². The van der Waals surface area contributed by atoms with Gasteiger partial charge in [-0.2, -0.15) is 0 Å². The number of hydrogen-bond acceptors (Lipinski definition) is 3. The summed E-state index contributed by atoms with van der Waals surface area (Å²) in [6, 6.07) is 8.84. The van der Waals surface area contributed by atoms with Crippen molar-refractivity contribution in [1.82, 2.24) is 4.98 Å². The summed E-state index contributed by atoms with van der Waals surface area (Å²) in [5, 5.41) is 1.09. The zero-order valence-corrected chi connectivity index (χ0v) is 14.6. The molecule has 0 amide bonds. The van der Waals surface area contributed by atoms with E-state index in [9.17, 15) is 0 Å². The number of rotatable bonds is 4. The highest BCUT2D eigenvalue weighted by molar-refractivity contribution is 7.15. The average molecular weight is 302 g/mol. The molecule has 2 rings (SSSR count). The van der Waals surface area contributed by atoms with E-state index in [1.165, 1.54) is 21.7 Å². The van der Waals surface area contributed by atoms with E-state index in [1.807, 2.05) is 6.92 Å². The topological polar surface area (TPSA) is 38.9 Å². The molecule has 0 aliphatic rings. The molecule has 0 fully saturated rings. The Labute approximate surface area is 132 Å². The maximum atomic E-state index is 6.09. The SMILES string of the molecule is CCCc1nc(-c2ccc(C(C)(C)C)cc2)sc1C(C)N. The number of nitrogens with zero attached hydrogens (tertiary/aromatic N) is 1. The molecular weight excluding hydrogens is 276 g/mol. The van der Waals surface area contributed by atoms with Crippen molar-refractivity contribution in [1.29, 1.82) is 0 Å². The lowest BCUT2D eigenvalue weighted by Crippen LogP contribution is -2.10. The molecule has 1 atom stereocenters. The zero-order valence-electron chi connectivity index (χ0n) is 13.7. The molecule has 0 spiro atoms. The van der Waals surface area contributed by atoms with Gasteiger partial charge < -0.3 is 5.73 Å². The van der Waals surface area contributed by atoms with Crippen LogP contribution in [-0.4, -0.2) is 4.98 Å². The van der Waals surface area contributed by atoms with Crippen molar-refractivity contribution >= 4 is 11.3 Å². The molecule has 114 valence electrons. The highest BCUT2D eigenvalue weighted by Gasteiger charge is 2.16. The van der Waals surface area contributed by atoms with Gasteiger partial charge in [-0.25, -0.2) is 4.98 Å². The fourth-order valence-electron chi connectivity index (χ4n) is 2.37. The molecular formula is C18H26N2S. The van der Waals surface area contributed by atoms with Crippen LogP contribution in [0.2, 0.25) is 0 Å². The van der Waals surface area contributed by atoms with Crippen LogP contribution in [0, 0.1) is 0 Å². The largest absolute Gasteiger partial charge is 0.323 e. The summed E-state index contributed by atoms with van der Waals surface area (Å²) in [6.45, 7) is 10.9. The first kappa shape index (κ1) is 16.2. The van der Waals surface area contributed by atoms with E-state index in [2.05, 4.69) is 52.0 Å². The fraction of sp³-hybridized carbons (Fsp3) is 0.500. The summed E-state index contributed by atoms with van der Waals surface area (Å²) < 4.78 is 0. The molecule has 0 bridgehead atoms. The first-order chi connectivity index (χ1) is 9.82. The summed E-state index contributed by atoms with van der Waals surface area (Å²) in [5.41, 5.74) is 9.99. The lowest BCUT2D eigenvalue weighted by molar-refractivity contribution is 0.590. The van der Waals surface area contributed by atoms with Crippen molar-refractivity contribution in [3.63, 3.8) is 0 Å². The molecule has 1 unspecified atom stereocenters. The van der Waals surface area contributed by atoms with E-state index in [4.69, 9.17) is 10.7 Å². The molecule has 0 radical (unpaired) electrons. The second kappa shape index (κ2) is 6.29. The normalized spacial score (nSPS) is 13.4. The Morgan fingerprint density at radius 3 is 2.29 bits per heavy atom. The Morgan fingerprint density at radius 1 is 1.19 bits per heavy atom. The van der Waals surface area contributed by atoms with Crippen LogP contribution in [0.3, 0.4) is 0 Å². The van der Waals surface area contributed by atoms with E-state index in [0.29, 0.717) is 0 Å². The molecule has 21 heavy (non-hydrogen) atoms. The van der Waals surface area contributed by atoms with Gasteiger partial charge in [-0.3, -0.25) is 0 Å². The number of aryl methyl sites for hydroxylation is 1. The van der Waals surface area contributed by atoms with E-state index in [0.717, 1.165) is 17.8 Å². The van der Waals surface area contributed by atoms with Gasteiger partial charge in [0.1, 0.15) is 5.01 Å². The molecule has 2 aromatic rings. The highest BCUT2D eigenvalue weighted by atomic mass is 32.1. The van der Waals surface area contributed by atoms with Gasteiger partial charge in [-0.1, -0.05) is 58.4 Å². The summed E-state index contributed by atoms with van der Waals surface area (Å²) in [6.07, 6.45) is 2.11. The zero-order chi connectivity index (χ0) is 15.6. The predicted molar refractivity (Wildman–Crippen MR) is 92.8 cm³/mol. The van der Waals surface area contributed by atoms with Gasteiger partial charge in [0, 0.05) is 16.5 Å². The predicted octanol–water partition coefficient (Wildman–Crippen LogP) is 5.08. The molecule has 1 heterocycles. The standard InChI is InChI=1S/C18H26N2S/c1-6-7-15-16(12(2)19)21-17(20-15)13-8-10-14(11-9-13)18(3,4)5/h8-12H,6-7,19H2,1-5H3. The van der Waals surface area contributed by atoms with E-state index in [1.54, 1.807) is 11.3 Å². The third kappa shape index (κ3) is 3.72. The van der Waals surface area contributed by atoms with Crippen molar-refractivity contribution < 1.29 is 0 Å². The Bertz CT molecular complexity index is 589. The van der Waals surface area contributed by atoms with E-state index < -0.39 is 0 Å². The van der Waals surface area contributed by atoms with Gasteiger partial charge in [-0.15, -0.1) is 11.3 Å². The Morgan fingerprint density at radius 2 is 1.81 bits per heavy atom. The minimum Gasteiger partial charge on any atom is -0.323 e. The second-order valence-corrected chi connectivity index (χ2v) is 7.73. The number of thiazole rings is 1. The first-order valence-corrected chi connectivity index (χ1v) is 8.50. The lowest BCUT2D eigenvalue weighted by atomic mass is 9.87. The maximum Gasteiger partial charge on any atom is 0.123 e. The Balaban J connectivity index is 2.36. The molecule has 3 heteroatoms. The van der Waals surface area contributed by atoms with Gasteiger partial charge in [-0.05, 0) is 24.3 Å². The summed E-state index contributed by atoms with van der Waals surface area (Å²) in [4.78, 5) is 6.05. The molecule has 0 aliphatic carbocycles. The first-order valence-electron chi connectivity index (χ1n) is 7.69. The fourth-order valence-corrected chi connectivity index (χ4v) is 3.44. The van der Waals surface area contributed by atoms with Crippen molar-refractivity contribution in [2.24, 2.45) is 5.73 Å². The van der Waals surface area contributed by atoms with Gasteiger partial charge in [0.2, 0.25) is 0 Å². The van der Waals surface area contributed by atoms with Crippen LogP contribution in [0.5, 0.6) is 0 Å². The van der Waals surface area contributed by atoms with Crippen LogP contribution >= 0.6 is 11.3 Å². The van der Waals surface area contributed by atoms with Gasteiger partial charge >= 0.3 is 0 Å². The van der Waals surface area contributed by atoms with Crippen LogP contribution < -0.4 is 5.73 Å². The Kier molecular flexibility index (Phi) is 4.84. The van der Waals surface area contributed by atoms with Crippen molar-refractivity contribution in [3.8, 4) is 10.6 Å². The molecule has 1 aromatic heterocycles. The second-order valence-electron chi connectivity index (χ2n) is 6.70. The summed E-state index contributed by atoms with van der Waals surface area (Å²) in [7, 11) is 0. The van der Waals surface area contributed by atoms with Crippen LogP contribution in [-0.2, 0) is 11.8 Å². The van der Waals surface area contributed by atoms with Crippen LogP contribution in [0.25, 0.3) is 10.6 Å². The number of benzene rings is 1. The lowest BCUT2D eigenvalue weighted by Gasteiger charge is -2.18. The highest BCUT2D eigenvalue weighted by Crippen LogP contribution is 2.33. The third-order valence-corrected chi connectivity index (χ3v) is 4.97. The van der Waals surface area contributed by atoms with Crippen LogP contribution in [0.15, 0.2) is 24.3 Å². The quantitative estimate of drug-likeness (QED) is 0.855. The molecule has 0 aliphatic heterocycles. The van der Waals surface area contributed by atoms with Gasteiger partial charge in [0.15, 0.2) is 0 Å². The number of hydrogen-bond donors (Lipinski definition) is 1. The molecule has 0 saturated heterocycles. The van der Waals surface area contributed by atoms with Crippen LogP contribution in [0.4, 0.5) is 0 Å². The summed E-state index contributed by atoms with van der Waals surface area (Å²) >= 11 is 1.74. The van der Waals surface area contributed by atoms with E-state index >= 15 is 0 Å². The van der Waals surface area contributed by atoms with Crippen LogP contribution in [0.1, 0.15) is 63.2 Å². The number of aromatic nitrogens is 1. The third-order valence-electron chi connectivity index (χ3n) is 3.63. The van der Waals surface area contributed by atoms with Crippen molar-refractivity contribution in [3.05, 3.63) is 40.4 Å².